The van der Waals surface area contributed by atoms with Crippen LogP contribution >= 0.6 is 0 Å². The van der Waals surface area contributed by atoms with Crippen LogP contribution in [-0.4, -0.2) is 23.2 Å². The van der Waals surface area contributed by atoms with Crippen LogP contribution < -0.4 is 5.73 Å². The normalized spacial score (nSPS) is 12.0. The van der Waals surface area contributed by atoms with Gasteiger partial charge in [0.2, 0.25) is 0 Å². The minimum Gasteiger partial charge on any atom is -0.506 e. The van der Waals surface area contributed by atoms with E-state index in [4.69, 9.17) is 10.3 Å². The Kier molecular flexibility index (Phi) is 4.03. The maximum Gasteiger partial charge on any atom is 0.294 e. The Morgan fingerprint density at radius 1 is 0.920 bits per heavy atom. The van der Waals surface area contributed by atoms with E-state index in [1.54, 1.807) is 18.2 Å². The van der Waals surface area contributed by atoms with Gasteiger partial charge in [0.05, 0.1) is 4.90 Å². The molecule has 0 fully saturated rings. The third-order valence-corrected chi connectivity index (χ3v) is 4.35. The standard InChI is InChI=1S/C16H13N3O5S/c17-11-8-10(25(22,23)24)7-9-5-6-13(16(21)15(9)11)19-18-12-3-1-2-4-14(12)20/h1-8,20-21H,17H2,(H,22,23,24). The fourth-order valence-electron chi connectivity index (χ4n) is 2.33. The van der Waals surface area contributed by atoms with Crippen LogP contribution in [0, 0.1) is 0 Å². The number of rotatable bonds is 3. The molecule has 128 valence electrons. The second kappa shape index (κ2) is 6.04. The molecular formula is C16H13N3O5S. The summed E-state index contributed by atoms with van der Waals surface area (Å²) in [6.45, 7) is 0. The zero-order chi connectivity index (χ0) is 18.2. The van der Waals surface area contributed by atoms with Crippen LogP contribution in [0.4, 0.5) is 17.1 Å². The number of azo groups is 1. The van der Waals surface area contributed by atoms with Gasteiger partial charge in [-0.1, -0.05) is 18.2 Å². The van der Waals surface area contributed by atoms with E-state index in [9.17, 15) is 18.6 Å². The summed E-state index contributed by atoms with van der Waals surface area (Å²) in [6.07, 6.45) is 0. The monoisotopic (exact) mass is 359 g/mol. The summed E-state index contributed by atoms with van der Waals surface area (Å²) in [5, 5.41) is 28.3. The zero-order valence-electron chi connectivity index (χ0n) is 12.7. The van der Waals surface area contributed by atoms with Crippen LogP contribution in [0.3, 0.4) is 0 Å². The SMILES string of the molecule is Nc1cc(S(=O)(=O)O)cc2ccc(N=Nc3ccccc3O)c(O)c12. The molecule has 3 aromatic carbocycles. The van der Waals surface area contributed by atoms with Gasteiger partial charge in [0, 0.05) is 11.1 Å². The minimum absolute atomic E-state index is 0.0396. The van der Waals surface area contributed by atoms with Gasteiger partial charge in [0.25, 0.3) is 10.1 Å². The molecule has 0 heterocycles. The Morgan fingerprint density at radius 2 is 1.60 bits per heavy atom. The number of aromatic hydroxyl groups is 2. The predicted molar refractivity (Wildman–Crippen MR) is 92.1 cm³/mol. The number of phenolic OH excluding ortho intramolecular Hbond substituents is 2. The van der Waals surface area contributed by atoms with Crippen LogP contribution in [0.15, 0.2) is 63.7 Å². The Bertz CT molecular complexity index is 1110. The van der Waals surface area contributed by atoms with Gasteiger partial charge < -0.3 is 15.9 Å². The lowest BCUT2D eigenvalue weighted by atomic mass is 10.1. The molecule has 0 radical (unpaired) electrons. The number of nitrogens with zero attached hydrogens (tertiary/aromatic N) is 2. The first-order chi connectivity index (χ1) is 11.8. The molecule has 0 saturated heterocycles. The molecule has 0 saturated carbocycles. The van der Waals surface area contributed by atoms with E-state index in [1.165, 1.54) is 24.3 Å². The zero-order valence-corrected chi connectivity index (χ0v) is 13.5. The van der Waals surface area contributed by atoms with Gasteiger partial charge in [0.1, 0.15) is 17.1 Å². The molecule has 0 aliphatic heterocycles. The highest BCUT2D eigenvalue weighted by molar-refractivity contribution is 7.85. The average molecular weight is 359 g/mol. The summed E-state index contributed by atoms with van der Waals surface area (Å²) in [5.41, 5.74) is 6.07. The topological polar surface area (TPSA) is 146 Å². The van der Waals surface area contributed by atoms with Crippen molar-refractivity contribution in [1.82, 2.24) is 0 Å². The van der Waals surface area contributed by atoms with Crippen molar-refractivity contribution >= 4 is 38.0 Å². The van der Waals surface area contributed by atoms with Crippen molar-refractivity contribution in [3.05, 3.63) is 48.5 Å². The van der Waals surface area contributed by atoms with Crippen molar-refractivity contribution in [3.8, 4) is 11.5 Å². The number of hydrogen-bond donors (Lipinski definition) is 4. The molecule has 5 N–H and O–H groups in total. The van der Waals surface area contributed by atoms with E-state index < -0.39 is 10.1 Å². The summed E-state index contributed by atoms with van der Waals surface area (Å²) < 4.78 is 31.6. The largest absolute Gasteiger partial charge is 0.506 e. The lowest BCUT2D eigenvalue weighted by Crippen LogP contribution is -2.00. The summed E-state index contributed by atoms with van der Waals surface area (Å²) >= 11 is 0. The molecular weight excluding hydrogens is 346 g/mol. The number of hydrogen-bond acceptors (Lipinski definition) is 7. The highest BCUT2D eigenvalue weighted by Crippen LogP contribution is 2.40. The van der Waals surface area contributed by atoms with Gasteiger partial charge >= 0.3 is 0 Å². The van der Waals surface area contributed by atoms with Crippen LogP contribution in [0.1, 0.15) is 0 Å². The first-order valence-electron chi connectivity index (χ1n) is 7.00. The number of nitrogens with two attached hydrogens (primary N) is 1. The van der Waals surface area contributed by atoms with Crippen LogP contribution in [-0.2, 0) is 10.1 Å². The van der Waals surface area contributed by atoms with Gasteiger partial charge in [-0.15, -0.1) is 10.2 Å². The first-order valence-corrected chi connectivity index (χ1v) is 8.44. The van der Waals surface area contributed by atoms with E-state index in [-0.39, 0.29) is 38.8 Å². The number of fused-ring (bicyclic) bond motifs is 1. The number of anilines is 1. The molecule has 9 heteroatoms. The third kappa shape index (κ3) is 3.23. The maximum atomic E-state index is 11.3. The second-order valence-electron chi connectivity index (χ2n) is 5.21. The van der Waals surface area contributed by atoms with Crippen molar-refractivity contribution in [3.63, 3.8) is 0 Å². The van der Waals surface area contributed by atoms with Crippen molar-refractivity contribution in [1.29, 1.82) is 0 Å². The predicted octanol–water partition coefficient (Wildman–Crippen LogP) is 3.50. The number of nitrogen functional groups attached to an aromatic ring is 1. The molecule has 3 rings (SSSR count). The highest BCUT2D eigenvalue weighted by atomic mass is 32.2. The summed E-state index contributed by atoms with van der Waals surface area (Å²) in [4.78, 5) is -0.375. The lowest BCUT2D eigenvalue weighted by Gasteiger charge is -2.08. The average Bonchev–Trinajstić information content (AvgIpc) is 2.54. The van der Waals surface area contributed by atoms with E-state index in [1.807, 2.05) is 0 Å². The lowest BCUT2D eigenvalue weighted by molar-refractivity contribution is 0.475. The first kappa shape index (κ1) is 16.7. The molecule has 0 aromatic heterocycles. The van der Waals surface area contributed by atoms with Crippen molar-refractivity contribution in [2.45, 2.75) is 4.90 Å². The fourth-order valence-corrected chi connectivity index (χ4v) is 2.88. The van der Waals surface area contributed by atoms with Gasteiger partial charge in [-0.3, -0.25) is 4.55 Å². The fraction of sp³-hybridized carbons (Fsp3) is 0. The Morgan fingerprint density at radius 3 is 2.28 bits per heavy atom. The molecule has 3 aromatic rings. The second-order valence-corrected chi connectivity index (χ2v) is 6.63. The number of phenols is 2. The van der Waals surface area contributed by atoms with E-state index in [2.05, 4.69) is 10.2 Å². The highest BCUT2D eigenvalue weighted by Gasteiger charge is 2.16. The van der Waals surface area contributed by atoms with Gasteiger partial charge in [0.15, 0.2) is 5.75 Å². The van der Waals surface area contributed by atoms with Crippen LogP contribution in [0.25, 0.3) is 10.8 Å². The van der Waals surface area contributed by atoms with Gasteiger partial charge in [-0.2, -0.15) is 8.42 Å². The minimum atomic E-state index is -4.42. The van der Waals surface area contributed by atoms with Gasteiger partial charge in [-0.05, 0) is 35.7 Å². The van der Waals surface area contributed by atoms with Crippen molar-refractivity contribution in [2.24, 2.45) is 10.2 Å². The summed E-state index contributed by atoms with van der Waals surface area (Å²) in [5.74, 6) is -0.361. The van der Waals surface area contributed by atoms with E-state index in [0.717, 1.165) is 6.07 Å². The Hall–Kier alpha value is -3.17. The van der Waals surface area contributed by atoms with Crippen LogP contribution in [0.2, 0.25) is 0 Å². The molecule has 25 heavy (non-hydrogen) atoms. The molecule has 8 nitrogen and oxygen atoms in total. The van der Waals surface area contributed by atoms with Crippen LogP contribution in [0.5, 0.6) is 11.5 Å². The van der Waals surface area contributed by atoms with Gasteiger partial charge in [-0.25, -0.2) is 0 Å². The maximum absolute atomic E-state index is 11.3. The molecule has 0 aliphatic carbocycles. The molecule has 0 spiro atoms. The molecule has 0 atom stereocenters. The summed E-state index contributed by atoms with van der Waals surface area (Å²) in [6, 6.07) is 11.4. The molecule has 0 aliphatic rings. The molecule has 0 amide bonds. The quantitative estimate of drug-likeness (QED) is 0.320. The number of para-hydroxylation sites is 1. The molecule has 0 unspecified atom stereocenters. The van der Waals surface area contributed by atoms with Crippen molar-refractivity contribution < 1.29 is 23.2 Å². The summed E-state index contributed by atoms with van der Waals surface area (Å²) in [7, 11) is -4.42. The van der Waals surface area contributed by atoms with Crippen molar-refractivity contribution in [2.75, 3.05) is 5.73 Å². The van der Waals surface area contributed by atoms with E-state index in [0.29, 0.717) is 5.39 Å². The third-order valence-electron chi connectivity index (χ3n) is 3.52. The molecule has 0 bridgehead atoms. The Labute approximate surface area is 142 Å². The number of benzene rings is 3. The Balaban J connectivity index is 2.12. The smallest absolute Gasteiger partial charge is 0.294 e. The van der Waals surface area contributed by atoms with E-state index >= 15 is 0 Å².